The number of carbonyl (C=O) groups excluding carboxylic acids is 1. The molecular formula is C17H20N4OS. The number of thioether (sulfide) groups is 1. The van der Waals surface area contributed by atoms with Gasteiger partial charge in [-0.05, 0) is 37.1 Å². The molecule has 2 aromatic rings. The van der Waals surface area contributed by atoms with Crippen LogP contribution >= 0.6 is 11.8 Å². The second-order valence-electron chi connectivity index (χ2n) is 5.68. The Hall–Kier alpha value is -1.95. The molecular weight excluding hydrogens is 308 g/mol. The van der Waals surface area contributed by atoms with Crippen molar-refractivity contribution in [3.05, 3.63) is 36.7 Å². The molecule has 2 aromatic heterocycles. The summed E-state index contributed by atoms with van der Waals surface area (Å²) in [5.74, 6) is 0.474. The smallest absolute Gasteiger partial charge is 0.230 e. The predicted octanol–water partition coefficient (Wildman–Crippen LogP) is 3.08. The van der Waals surface area contributed by atoms with Gasteiger partial charge < -0.3 is 5.32 Å². The molecule has 120 valence electrons. The maximum absolute atomic E-state index is 12.0. The molecule has 0 spiro atoms. The van der Waals surface area contributed by atoms with Crippen molar-refractivity contribution >= 4 is 17.7 Å². The van der Waals surface area contributed by atoms with E-state index in [0.29, 0.717) is 11.8 Å². The van der Waals surface area contributed by atoms with Crippen LogP contribution in [0, 0.1) is 0 Å². The molecule has 23 heavy (non-hydrogen) atoms. The standard InChI is InChI=1S/C17H20N4OS/c22-16(19-14-4-2-1-3-5-14)12-23-17-7-6-15(20-21-17)13-8-10-18-11-9-13/h6-11,14H,1-5,12H2,(H,19,22). The Morgan fingerprint density at radius 3 is 2.57 bits per heavy atom. The highest BCUT2D eigenvalue weighted by Crippen LogP contribution is 2.20. The zero-order valence-corrected chi connectivity index (χ0v) is 13.8. The van der Waals surface area contributed by atoms with Crippen molar-refractivity contribution in [1.29, 1.82) is 0 Å². The summed E-state index contributed by atoms with van der Waals surface area (Å²) >= 11 is 1.42. The molecule has 0 aliphatic heterocycles. The second-order valence-corrected chi connectivity index (χ2v) is 6.68. The average Bonchev–Trinajstić information content (AvgIpc) is 2.62. The number of nitrogens with one attached hydrogen (secondary N) is 1. The third-order valence-electron chi connectivity index (χ3n) is 3.94. The lowest BCUT2D eigenvalue weighted by molar-refractivity contribution is -0.119. The van der Waals surface area contributed by atoms with Crippen LogP contribution in [0.25, 0.3) is 11.3 Å². The minimum Gasteiger partial charge on any atom is -0.353 e. The van der Waals surface area contributed by atoms with Crippen LogP contribution in [0.3, 0.4) is 0 Å². The fraction of sp³-hybridized carbons (Fsp3) is 0.412. The van der Waals surface area contributed by atoms with Gasteiger partial charge in [-0.3, -0.25) is 9.78 Å². The monoisotopic (exact) mass is 328 g/mol. The molecule has 5 nitrogen and oxygen atoms in total. The summed E-state index contributed by atoms with van der Waals surface area (Å²) in [6, 6.07) is 7.98. The number of carbonyl (C=O) groups is 1. The lowest BCUT2D eigenvalue weighted by Gasteiger charge is -2.22. The number of rotatable bonds is 5. The van der Waals surface area contributed by atoms with Gasteiger partial charge in [0.2, 0.25) is 5.91 Å². The van der Waals surface area contributed by atoms with Crippen molar-refractivity contribution in [2.45, 2.75) is 43.2 Å². The number of amides is 1. The highest BCUT2D eigenvalue weighted by molar-refractivity contribution is 7.99. The van der Waals surface area contributed by atoms with Crippen molar-refractivity contribution < 1.29 is 4.79 Å². The zero-order valence-electron chi connectivity index (χ0n) is 12.9. The minimum absolute atomic E-state index is 0.0851. The molecule has 1 aliphatic rings. The molecule has 6 heteroatoms. The molecule has 2 heterocycles. The van der Waals surface area contributed by atoms with Gasteiger partial charge in [-0.15, -0.1) is 10.2 Å². The Labute approximate surface area is 140 Å². The van der Waals surface area contributed by atoms with E-state index in [-0.39, 0.29) is 5.91 Å². The summed E-state index contributed by atoms with van der Waals surface area (Å²) in [5, 5.41) is 12.3. The third kappa shape index (κ3) is 4.76. The molecule has 1 saturated carbocycles. The second kappa shape index (κ2) is 8.06. The van der Waals surface area contributed by atoms with Crippen molar-refractivity contribution in [3.63, 3.8) is 0 Å². The van der Waals surface area contributed by atoms with Crippen LogP contribution in [0.2, 0.25) is 0 Å². The van der Waals surface area contributed by atoms with E-state index in [0.717, 1.165) is 29.1 Å². The summed E-state index contributed by atoms with van der Waals surface area (Å²) in [5.41, 5.74) is 1.79. The molecule has 0 atom stereocenters. The van der Waals surface area contributed by atoms with E-state index in [1.807, 2.05) is 24.3 Å². The first-order valence-corrected chi connectivity index (χ1v) is 8.96. The Kier molecular flexibility index (Phi) is 5.58. The molecule has 1 amide bonds. The maximum atomic E-state index is 12.0. The minimum atomic E-state index is 0.0851. The van der Waals surface area contributed by atoms with Crippen LogP contribution in [0.15, 0.2) is 41.7 Å². The first-order valence-electron chi connectivity index (χ1n) is 7.97. The van der Waals surface area contributed by atoms with E-state index in [1.54, 1.807) is 12.4 Å². The number of hydrogen-bond donors (Lipinski definition) is 1. The summed E-state index contributed by atoms with van der Waals surface area (Å²) in [6.07, 6.45) is 9.42. The van der Waals surface area contributed by atoms with Crippen LogP contribution in [0.5, 0.6) is 0 Å². The van der Waals surface area contributed by atoms with E-state index in [4.69, 9.17) is 0 Å². The fourth-order valence-electron chi connectivity index (χ4n) is 2.73. The van der Waals surface area contributed by atoms with Crippen molar-refractivity contribution in [1.82, 2.24) is 20.5 Å². The lowest BCUT2D eigenvalue weighted by Crippen LogP contribution is -2.37. The molecule has 3 rings (SSSR count). The van der Waals surface area contributed by atoms with Crippen molar-refractivity contribution in [2.75, 3.05) is 5.75 Å². The Bertz CT molecular complexity index is 627. The first kappa shape index (κ1) is 15.9. The SMILES string of the molecule is O=C(CSc1ccc(-c2ccncc2)nn1)NC1CCCCC1. The summed E-state index contributed by atoms with van der Waals surface area (Å²) in [7, 11) is 0. The topological polar surface area (TPSA) is 67.8 Å². The lowest BCUT2D eigenvalue weighted by atomic mass is 9.95. The zero-order chi connectivity index (χ0) is 15.9. The molecule has 0 bridgehead atoms. The number of pyridine rings is 1. The first-order chi connectivity index (χ1) is 11.3. The van der Waals surface area contributed by atoms with Gasteiger partial charge in [0.1, 0.15) is 5.03 Å². The van der Waals surface area contributed by atoms with Gasteiger partial charge in [-0.25, -0.2) is 0 Å². The third-order valence-corrected chi connectivity index (χ3v) is 4.86. The molecule has 0 saturated heterocycles. The molecule has 1 aliphatic carbocycles. The summed E-state index contributed by atoms with van der Waals surface area (Å²) in [4.78, 5) is 16.0. The Morgan fingerprint density at radius 1 is 1.09 bits per heavy atom. The number of hydrogen-bond acceptors (Lipinski definition) is 5. The van der Waals surface area contributed by atoms with E-state index in [9.17, 15) is 4.79 Å². The van der Waals surface area contributed by atoms with Gasteiger partial charge in [0.25, 0.3) is 0 Å². The summed E-state index contributed by atoms with van der Waals surface area (Å²) < 4.78 is 0. The van der Waals surface area contributed by atoms with E-state index < -0.39 is 0 Å². The van der Waals surface area contributed by atoms with Crippen LogP contribution in [0.4, 0.5) is 0 Å². The van der Waals surface area contributed by atoms with Gasteiger partial charge in [-0.2, -0.15) is 0 Å². The molecule has 0 aromatic carbocycles. The highest BCUT2D eigenvalue weighted by atomic mass is 32.2. The van der Waals surface area contributed by atoms with Gasteiger partial charge in [0, 0.05) is 24.0 Å². The molecule has 1 N–H and O–H groups in total. The van der Waals surface area contributed by atoms with Crippen LogP contribution in [-0.4, -0.2) is 32.9 Å². The summed E-state index contributed by atoms with van der Waals surface area (Å²) in [6.45, 7) is 0. The van der Waals surface area contributed by atoms with Gasteiger partial charge in [0.05, 0.1) is 11.4 Å². The normalized spacial score (nSPS) is 15.3. The van der Waals surface area contributed by atoms with Crippen LogP contribution < -0.4 is 5.32 Å². The van der Waals surface area contributed by atoms with Gasteiger partial charge >= 0.3 is 0 Å². The fourth-order valence-corrected chi connectivity index (χ4v) is 3.35. The quantitative estimate of drug-likeness (QED) is 0.854. The maximum Gasteiger partial charge on any atom is 0.230 e. The number of aromatic nitrogens is 3. The van der Waals surface area contributed by atoms with E-state index >= 15 is 0 Å². The van der Waals surface area contributed by atoms with Crippen LogP contribution in [-0.2, 0) is 4.79 Å². The van der Waals surface area contributed by atoms with E-state index in [1.165, 1.54) is 31.0 Å². The predicted molar refractivity (Wildman–Crippen MR) is 91.0 cm³/mol. The van der Waals surface area contributed by atoms with Gasteiger partial charge in [0.15, 0.2) is 0 Å². The number of nitrogens with zero attached hydrogens (tertiary/aromatic N) is 3. The van der Waals surface area contributed by atoms with E-state index in [2.05, 4.69) is 20.5 Å². The Morgan fingerprint density at radius 2 is 1.87 bits per heavy atom. The molecule has 0 radical (unpaired) electrons. The van der Waals surface area contributed by atoms with Crippen LogP contribution in [0.1, 0.15) is 32.1 Å². The highest BCUT2D eigenvalue weighted by Gasteiger charge is 2.15. The van der Waals surface area contributed by atoms with Crippen molar-refractivity contribution in [3.8, 4) is 11.3 Å². The van der Waals surface area contributed by atoms with Gasteiger partial charge in [-0.1, -0.05) is 31.0 Å². The average molecular weight is 328 g/mol. The largest absolute Gasteiger partial charge is 0.353 e. The molecule has 1 fully saturated rings. The van der Waals surface area contributed by atoms with Crippen molar-refractivity contribution in [2.24, 2.45) is 0 Å². The molecule has 0 unspecified atom stereocenters. The Balaban J connectivity index is 1.49.